The highest BCUT2D eigenvalue weighted by atomic mass is 32.1. The monoisotopic (exact) mass is 439 g/mol. The molecule has 3 heterocycles. The molecule has 0 fully saturated rings. The largest absolute Gasteiger partial charge is 0.462 e. The van der Waals surface area contributed by atoms with Crippen molar-refractivity contribution in [3.05, 3.63) is 53.0 Å². The van der Waals surface area contributed by atoms with Crippen molar-refractivity contribution >= 4 is 50.1 Å². The first-order valence-corrected chi connectivity index (χ1v) is 10.7. The number of thiazole rings is 1. The van der Waals surface area contributed by atoms with Gasteiger partial charge in [-0.2, -0.15) is 13.2 Å². The normalized spacial score (nSPS) is 11.9. The van der Waals surface area contributed by atoms with Gasteiger partial charge in [-0.1, -0.05) is 18.2 Å². The van der Waals surface area contributed by atoms with E-state index in [-0.39, 0.29) is 11.6 Å². The standard InChI is InChI=1S/C19H12F3NO2S3/c1-2-25-18(24)15-16(19(20,21)22)23-17(28-15)13-8-7-12(27-13)14-9-10-5-3-4-6-11(10)26-14/h3-9H,2H2,1H3. The van der Waals surface area contributed by atoms with Crippen LogP contribution < -0.4 is 0 Å². The van der Waals surface area contributed by atoms with Gasteiger partial charge in [0.2, 0.25) is 0 Å². The number of fused-ring (bicyclic) bond motifs is 1. The summed E-state index contributed by atoms with van der Waals surface area (Å²) in [6, 6.07) is 13.6. The third kappa shape index (κ3) is 3.57. The fourth-order valence-electron chi connectivity index (χ4n) is 2.64. The van der Waals surface area contributed by atoms with E-state index in [1.807, 2.05) is 30.3 Å². The second-order valence-corrected chi connectivity index (χ2v) is 8.89. The number of hydrogen-bond acceptors (Lipinski definition) is 6. The van der Waals surface area contributed by atoms with Gasteiger partial charge in [-0.3, -0.25) is 0 Å². The van der Waals surface area contributed by atoms with Crippen molar-refractivity contribution in [1.29, 1.82) is 0 Å². The molecule has 0 aliphatic heterocycles. The predicted molar refractivity (Wildman–Crippen MR) is 107 cm³/mol. The Morgan fingerprint density at radius 2 is 1.79 bits per heavy atom. The van der Waals surface area contributed by atoms with Crippen LogP contribution in [0.2, 0.25) is 0 Å². The number of carbonyl (C=O) groups excluding carboxylic acids is 1. The summed E-state index contributed by atoms with van der Waals surface area (Å²) in [4.78, 5) is 17.7. The fourth-order valence-corrected chi connectivity index (χ4v) is 5.82. The van der Waals surface area contributed by atoms with Crippen molar-refractivity contribution in [3.63, 3.8) is 0 Å². The summed E-state index contributed by atoms with van der Waals surface area (Å²) in [7, 11) is 0. The fraction of sp³-hybridized carbons (Fsp3) is 0.158. The molecule has 0 amide bonds. The number of hydrogen-bond donors (Lipinski definition) is 0. The molecule has 3 nitrogen and oxygen atoms in total. The highest BCUT2D eigenvalue weighted by Gasteiger charge is 2.40. The zero-order valence-corrected chi connectivity index (χ0v) is 16.8. The Kier molecular flexibility index (Phi) is 4.98. The van der Waals surface area contributed by atoms with Crippen LogP contribution in [-0.2, 0) is 10.9 Å². The zero-order chi connectivity index (χ0) is 19.9. The number of benzene rings is 1. The molecule has 0 saturated carbocycles. The van der Waals surface area contributed by atoms with Crippen LogP contribution in [-0.4, -0.2) is 17.6 Å². The quantitative estimate of drug-likeness (QED) is 0.323. The second-order valence-electron chi connectivity index (χ2n) is 5.73. The number of rotatable bonds is 4. The molecule has 0 radical (unpaired) electrons. The van der Waals surface area contributed by atoms with Crippen molar-refractivity contribution in [2.75, 3.05) is 6.61 Å². The molecule has 3 aromatic heterocycles. The number of alkyl halides is 3. The lowest BCUT2D eigenvalue weighted by molar-refractivity contribution is -0.141. The molecule has 0 bridgehead atoms. The van der Waals surface area contributed by atoms with Gasteiger partial charge in [-0.15, -0.1) is 34.0 Å². The first-order chi connectivity index (χ1) is 13.4. The van der Waals surface area contributed by atoms with Crippen molar-refractivity contribution in [2.45, 2.75) is 13.1 Å². The van der Waals surface area contributed by atoms with Crippen molar-refractivity contribution in [3.8, 4) is 19.6 Å². The van der Waals surface area contributed by atoms with Gasteiger partial charge in [0, 0.05) is 14.5 Å². The number of carbonyl (C=O) groups is 1. The lowest BCUT2D eigenvalue weighted by Gasteiger charge is -2.05. The zero-order valence-electron chi connectivity index (χ0n) is 14.4. The molecule has 4 rings (SSSR count). The van der Waals surface area contributed by atoms with Gasteiger partial charge >= 0.3 is 12.1 Å². The van der Waals surface area contributed by atoms with Crippen molar-refractivity contribution in [2.24, 2.45) is 0 Å². The van der Waals surface area contributed by atoms with Crippen LogP contribution in [0.1, 0.15) is 22.3 Å². The van der Waals surface area contributed by atoms with Gasteiger partial charge in [0.15, 0.2) is 5.69 Å². The third-order valence-electron chi connectivity index (χ3n) is 3.84. The molecule has 144 valence electrons. The van der Waals surface area contributed by atoms with Gasteiger partial charge in [0.25, 0.3) is 0 Å². The molecular weight excluding hydrogens is 427 g/mol. The van der Waals surface area contributed by atoms with Crippen LogP contribution in [0, 0.1) is 0 Å². The van der Waals surface area contributed by atoms with Gasteiger partial charge in [0.1, 0.15) is 9.88 Å². The molecule has 0 spiro atoms. The second kappa shape index (κ2) is 7.31. The number of halogens is 3. The van der Waals surface area contributed by atoms with Crippen molar-refractivity contribution in [1.82, 2.24) is 4.98 Å². The summed E-state index contributed by atoms with van der Waals surface area (Å²) >= 11 is 3.68. The van der Waals surface area contributed by atoms with E-state index in [2.05, 4.69) is 11.1 Å². The summed E-state index contributed by atoms with van der Waals surface area (Å²) < 4.78 is 45.8. The Morgan fingerprint density at radius 1 is 1.04 bits per heavy atom. The van der Waals surface area contributed by atoms with E-state index >= 15 is 0 Å². The summed E-state index contributed by atoms with van der Waals surface area (Å²) in [5.74, 6) is -1.00. The van der Waals surface area contributed by atoms with Crippen LogP contribution in [0.25, 0.3) is 29.7 Å². The Balaban J connectivity index is 1.73. The first kappa shape index (κ1) is 19.1. The molecule has 0 saturated heterocycles. The molecule has 0 atom stereocenters. The van der Waals surface area contributed by atoms with Crippen LogP contribution in [0.5, 0.6) is 0 Å². The highest BCUT2D eigenvalue weighted by Crippen LogP contribution is 2.43. The maximum atomic E-state index is 13.3. The van der Waals surface area contributed by atoms with Gasteiger partial charge < -0.3 is 4.74 Å². The predicted octanol–water partition coefficient (Wildman–Crippen LogP) is 6.95. The molecule has 9 heteroatoms. The number of ether oxygens (including phenoxy) is 1. The van der Waals surface area contributed by atoms with E-state index in [1.165, 1.54) is 11.3 Å². The minimum atomic E-state index is -4.72. The molecule has 0 aliphatic rings. The Morgan fingerprint density at radius 3 is 2.50 bits per heavy atom. The molecule has 0 unspecified atom stereocenters. The van der Waals surface area contributed by atoms with Crippen LogP contribution in [0.3, 0.4) is 0 Å². The summed E-state index contributed by atoms with van der Waals surface area (Å²) in [6.07, 6.45) is -4.72. The maximum Gasteiger partial charge on any atom is 0.435 e. The van der Waals surface area contributed by atoms with E-state index < -0.39 is 22.7 Å². The SMILES string of the molecule is CCOC(=O)c1sc(-c2ccc(-c3cc4ccccc4s3)s2)nc1C(F)(F)F. The van der Waals surface area contributed by atoms with E-state index in [0.717, 1.165) is 19.8 Å². The van der Waals surface area contributed by atoms with Crippen LogP contribution in [0.4, 0.5) is 13.2 Å². The minimum absolute atomic E-state index is 0.00154. The Labute approximate surface area is 170 Å². The smallest absolute Gasteiger partial charge is 0.435 e. The van der Waals surface area contributed by atoms with Gasteiger partial charge in [-0.25, -0.2) is 9.78 Å². The maximum absolute atomic E-state index is 13.3. The minimum Gasteiger partial charge on any atom is -0.462 e. The van der Waals surface area contributed by atoms with Gasteiger partial charge in [-0.05, 0) is 36.6 Å². The van der Waals surface area contributed by atoms with E-state index in [1.54, 1.807) is 24.3 Å². The van der Waals surface area contributed by atoms with Crippen LogP contribution >= 0.6 is 34.0 Å². The molecule has 1 aromatic carbocycles. The highest BCUT2D eigenvalue weighted by molar-refractivity contribution is 7.28. The molecule has 4 aromatic rings. The van der Waals surface area contributed by atoms with Crippen molar-refractivity contribution < 1.29 is 22.7 Å². The first-order valence-electron chi connectivity index (χ1n) is 8.21. The van der Waals surface area contributed by atoms with E-state index in [4.69, 9.17) is 4.74 Å². The number of esters is 1. The number of thiophene rings is 2. The summed E-state index contributed by atoms with van der Waals surface area (Å²) in [5, 5.41) is 1.28. The lowest BCUT2D eigenvalue weighted by Crippen LogP contribution is -2.13. The topological polar surface area (TPSA) is 39.2 Å². The van der Waals surface area contributed by atoms with E-state index in [0.29, 0.717) is 16.2 Å². The van der Waals surface area contributed by atoms with E-state index in [9.17, 15) is 18.0 Å². The summed E-state index contributed by atoms with van der Waals surface area (Å²) in [6.45, 7) is 1.54. The number of aromatic nitrogens is 1. The molecule has 28 heavy (non-hydrogen) atoms. The molecule has 0 aliphatic carbocycles. The average Bonchev–Trinajstić information content (AvgIpc) is 3.37. The van der Waals surface area contributed by atoms with Gasteiger partial charge in [0.05, 0.1) is 11.5 Å². The van der Waals surface area contributed by atoms with Crippen LogP contribution in [0.15, 0.2) is 42.5 Å². The molecule has 0 N–H and O–H groups in total. The summed E-state index contributed by atoms with van der Waals surface area (Å²) in [5.41, 5.74) is -1.19. The Bertz CT molecular complexity index is 1120. The number of nitrogens with zero attached hydrogens (tertiary/aromatic N) is 1. The molecular formula is C19H12F3NO2S3. The lowest BCUT2D eigenvalue weighted by atomic mass is 10.2. The average molecular weight is 440 g/mol. The Hall–Kier alpha value is -2.23. The third-order valence-corrected chi connectivity index (χ3v) is 7.44.